The van der Waals surface area contributed by atoms with Gasteiger partial charge >= 0.3 is 0 Å². The smallest absolute Gasteiger partial charge is 0.230 e. The largest absolute Gasteiger partial charge is 0.379 e. The predicted octanol–water partition coefficient (Wildman–Crippen LogP) is 5.60. The van der Waals surface area contributed by atoms with Crippen molar-refractivity contribution < 1.29 is 9.59 Å². The maximum atomic E-state index is 12.9. The molecule has 0 radical (unpaired) electrons. The molecule has 202 valence electrons. The molecule has 1 saturated heterocycles. The lowest BCUT2D eigenvalue weighted by atomic mass is 10.1. The van der Waals surface area contributed by atoms with Crippen LogP contribution in [0.4, 0.5) is 17.2 Å². The lowest BCUT2D eigenvalue weighted by Crippen LogP contribution is -2.28. The molecule has 4 fully saturated rings. The van der Waals surface area contributed by atoms with E-state index in [1.807, 2.05) is 47.5 Å². The van der Waals surface area contributed by atoms with Crippen molar-refractivity contribution in [3.05, 3.63) is 82.9 Å². The van der Waals surface area contributed by atoms with Gasteiger partial charge in [0.2, 0.25) is 11.8 Å². The summed E-state index contributed by atoms with van der Waals surface area (Å²) in [5.74, 6) is 2.18. The number of benzene rings is 1. The van der Waals surface area contributed by atoms with E-state index in [4.69, 9.17) is 16.6 Å². The first kappa shape index (κ1) is 23.9. The van der Waals surface area contributed by atoms with Crippen LogP contribution >= 0.6 is 11.6 Å². The molecule has 2 N–H and O–H groups in total. The number of carbonyl (C=O) groups is 2. The normalized spacial score (nSPS) is 24.7. The molecule has 8 rings (SSSR count). The third-order valence-corrected chi connectivity index (χ3v) is 8.99. The fourth-order valence-electron chi connectivity index (χ4n) is 6.18. The minimum absolute atomic E-state index is 0.0249. The summed E-state index contributed by atoms with van der Waals surface area (Å²) in [6.45, 7) is 1.32. The minimum atomic E-state index is -0.0713. The molecule has 2 unspecified atom stereocenters. The topological polar surface area (TPSA) is 91.6 Å². The van der Waals surface area contributed by atoms with Crippen LogP contribution in [-0.2, 0) is 16.1 Å². The van der Waals surface area contributed by atoms with E-state index in [0.717, 1.165) is 47.7 Å². The molecular formula is C31H29ClN6O2. The first-order chi connectivity index (χ1) is 19.5. The average Bonchev–Trinajstić information content (AvgIpc) is 3.85. The molecule has 40 heavy (non-hydrogen) atoms. The number of hydrogen-bond acceptors (Lipinski definition) is 5. The number of halogens is 1. The van der Waals surface area contributed by atoms with Crippen LogP contribution in [0.5, 0.6) is 0 Å². The van der Waals surface area contributed by atoms with Gasteiger partial charge in [0.1, 0.15) is 5.82 Å². The number of aromatic nitrogens is 3. The summed E-state index contributed by atoms with van der Waals surface area (Å²) in [6, 6.07) is 13.6. The highest BCUT2D eigenvalue weighted by Gasteiger charge is 2.53. The van der Waals surface area contributed by atoms with Gasteiger partial charge in [-0.05, 0) is 78.8 Å². The number of pyridine rings is 2. The molecule has 9 heteroatoms. The number of amides is 2. The van der Waals surface area contributed by atoms with Crippen molar-refractivity contribution in [2.24, 2.45) is 17.8 Å². The van der Waals surface area contributed by atoms with E-state index in [2.05, 4.69) is 32.3 Å². The van der Waals surface area contributed by atoms with Crippen LogP contribution in [0.1, 0.15) is 54.3 Å². The first-order valence-electron chi connectivity index (χ1n) is 14.1. The van der Waals surface area contributed by atoms with Crippen molar-refractivity contribution >= 4 is 46.3 Å². The van der Waals surface area contributed by atoms with E-state index in [1.54, 1.807) is 6.20 Å². The van der Waals surface area contributed by atoms with Crippen molar-refractivity contribution in [1.29, 1.82) is 0 Å². The van der Waals surface area contributed by atoms with Gasteiger partial charge in [-0.1, -0.05) is 23.7 Å². The van der Waals surface area contributed by atoms with Gasteiger partial charge in [-0.2, -0.15) is 0 Å². The van der Waals surface area contributed by atoms with Gasteiger partial charge in [-0.15, -0.1) is 0 Å². The van der Waals surface area contributed by atoms with Crippen LogP contribution in [0.3, 0.4) is 0 Å². The van der Waals surface area contributed by atoms with Gasteiger partial charge in [0, 0.05) is 53.7 Å². The van der Waals surface area contributed by atoms with Crippen LogP contribution in [-0.4, -0.2) is 32.7 Å². The number of rotatable bonds is 8. The first-order valence-corrected chi connectivity index (χ1v) is 14.5. The SMILES string of the molecule is O=C(Nc1cc(NCc2cn3cc(C4CC4)cc(N4CC5CC5C4=O)c3n2)ccn1)[C@H]1C[C@@H]1c1cccc(Cl)c1. The summed E-state index contributed by atoms with van der Waals surface area (Å²) in [4.78, 5) is 37.0. The van der Waals surface area contributed by atoms with Gasteiger partial charge in [0.05, 0.1) is 17.9 Å². The van der Waals surface area contributed by atoms with E-state index >= 15 is 0 Å². The number of fused-ring (bicyclic) bond motifs is 2. The summed E-state index contributed by atoms with van der Waals surface area (Å²) < 4.78 is 2.08. The molecule has 4 heterocycles. The second-order valence-electron chi connectivity index (χ2n) is 11.7. The van der Waals surface area contributed by atoms with Crippen molar-refractivity contribution in [1.82, 2.24) is 14.4 Å². The van der Waals surface area contributed by atoms with Crippen molar-refractivity contribution in [3.8, 4) is 0 Å². The number of nitrogens with one attached hydrogen (secondary N) is 2. The van der Waals surface area contributed by atoms with Gasteiger partial charge in [0.25, 0.3) is 0 Å². The summed E-state index contributed by atoms with van der Waals surface area (Å²) in [7, 11) is 0. The summed E-state index contributed by atoms with van der Waals surface area (Å²) in [5.41, 5.74) is 5.89. The predicted molar refractivity (Wildman–Crippen MR) is 154 cm³/mol. The minimum Gasteiger partial charge on any atom is -0.379 e. The Morgan fingerprint density at radius 3 is 2.75 bits per heavy atom. The van der Waals surface area contributed by atoms with Crippen LogP contribution < -0.4 is 15.5 Å². The molecule has 4 aromatic rings. The monoisotopic (exact) mass is 552 g/mol. The Morgan fingerprint density at radius 2 is 1.95 bits per heavy atom. The Morgan fingerprint density at radius 1 is 1.05 bits per heavy atom. The van der Waals surface area contributed by atoms with E-state index in [-0.39, 0.29) is 29.6 Å². The van der Waals surface area contributed by atoms with E-state index in [9.17, 15) is 9.59 Å². The highest BCUT2D eigenvalue weighted by atomic mass is 35.5. The molecule has 2 amide bonds. The van der Waals surface area contributed by atoms with Crippen molar-refractivity contribution in [3.63, 3.8) is 0 Å². The third-order valence-electron chi connectivity index (χ3n) is 8.75. The molecule has 3 aromatic heterocycles. The second kappa shape index (κ2) is 9.06. The molecule has 3 saturated carbocycles. The maximum Gasteiger partial charge on any atom is 0.230 e. The molecule has 4 atom stereocenters. The van der Waals surface area contributed by atoms with E-state index in [0.29, 0.717) is 29.2 Å². The summed E-state index contributed by atoms with van der Waals surface area (Å²) in [5, 5.41) is 7.08. The lowest BCUT2D eigenvalue weighted by molar-refractivity contribution is -0.119. The Bertz CT molecular complexity index is 1680. The van der Waals surface area contributed by atoms with Gasteiger partial charge in [-0.3, -0.25) is 9.59 Å². The molecule has 8 nitrogen and oxygen atoms in total. The van der Waals surface area contributed by atoms with Crippen LogP contribution in [0, 0.1) is 17.8 Å². The molecular weight excluding hydrogens is 524 g/mol. The Labute approximate surface area is 236 Å². The van der Waals surface area contributed by atoms with Crippen LogP contribution in [0.15, 0.2) is 61.1 Å². The molecule has 4 aliphatic rings. The quantitative estimate of drug-likeness (QED) is 0.297. The van der Waals surface area contributed by atoms with Crippen LogP contribution in [0.2, 0.25) is 5.02 Å². The van der Waals surface area contributed by atoms with Crippen molar-refractivity contribution in [2.75, 3.05) is 22.1 Å². The summed E-state index contributed by atoms with van der Waals surface area (Å²) >= 11 is 6.12. The zero-order chi connectivity index (χ0) is 27.0. The molecule has 3 aliphatic carbocycles. The Balaban J connectivity index is 0.962. The lowest BCUT2D eigenvalue weighted by Gasteiger charge is -2.20. The fraction of sp³-hybridized carbons (Fsp3) is 0.355. The molecule has 0 bridgehead atoms. The van der Waals surface area contributed by atoms with Gasteiger partial charge in [-0.25, -0.2) is 9.97 Å². The molecule has 1 aliphatic heterocycles. The number of anilines is 3. The zero-order valence-corrected chi connectivity index (χ0v) is 22.6. The maximum absolute atomic E-state index is 12.9. The zero-order valence-electron chi connectivity index (χ0n) is 21.9. The second-order valence-corrected chi connectivity index (χ2v) is 12.2. The van der Waals surface area contributed by atoms with Gasteiger partial charge < -0.3 is 19.9 Å². The number of hydrogen-bond donors (Lipinski definition) is 2. The van der Waals surface area contributed by atoms with Crippen LogP contribution in [0.25, 0.3) is 5.65 Å². The number of imidazole rings is 1. The Hall–Kier alpha value is -3.91. The fourth-order valence-corrected chi connectivity index (χ4v) is 6.38. The number of nitrogens with zero attached hydrogens (tertiary/aromatic N) is 4. The van der Waals surface area contributed by atoms with Crippen molar-refractivity contribution in [2.45, 2.75) is 44.1 Å². The molecule has 1 aromatic carbocycles. The number of carbonyl (C=O) groups excluding carboxylic acids is 2. The molecule has 0 spiro atoms. The van der Waals surface area contributed by atoms with E-state index < -0.39 is 0 Å². The standard InChI is InChI=1S/C31H29ClN6O2/c32-21-3-1-2-18(8-21)24-12-26(24)30(39)36-28-11-22(6-7-33-28)34-13-23-16-37-14-19(17-4-5-17)10-27(29(37)35-23)38-15-20-9-25(20)31(38)40/h1-3,6-8,10-11,14,16-17,20,24-26H,4-5,9,12-13,15H2,(H2,33,34,36,39)/t20?,24-,25?,26+/m1/s1. The summed E-state index contributed by atoms with van der Waals surface area (Å²) in [6.07, 6.45) is 10.2. The number of piperidine rings is 1. The highest BCUT2D eigenvalue weighted by molar-refractivity contribution is 6.30. The van der Waals surface area contributed by atoms with E-state index in [1.165, 1.54) is 18.4 Å². The third kappa shape index (κ3) is 4.40. The average molecular weight is 553 g/mol. The Kier molecular flexibility index (Phi) is 5.42. The highest BCUT2D eigenvalue weighted by Crippen LogP contribution is 2.50. The van der Waals surface area contributed by atoms with Gasteiger partial charge in [0.15, 0.2) is 5.65 Å².